The Bertz CT molecular complexity index is 1040. The monoisotopic (exact) mass is 842 g/mol. The highest BCUT2D eigenvalue weighted by Gasteiger charge is 2.23. The third kappa shape index (κ3) is 42.5. The van der Waals surface area contributed by atoms with Crippen LogP contribution < -0.4 is 5.32 Å². The molecule has 0 aliphatic carbocycles. The van der Waals surface area contributed by atoms with Gasteiger partial charge in [-0.15, -0.1) is 0 Å². The average Bonchev–Trinajstić information content (AvgIpc) is 3.24. The minimum atomic E-state index is -0.808. The number of esters is 1. The molecule has 0 saturated carbocycles. The lowest BCUT2D eigenvalue weighted by Crippen LogP contribution is -2.46. The average molecular weight is 842 g/mol. The molecule has 60 heavy (non-hydrogen) atoms. The van der Waals surface area contributed by atoms with Crippen LogP contribution in [0.15, 0.2) is 48.6 Å². The lowest BCUT2D eigenvalue weighted by molar-refractivity contribution is -0.150. The molecule has 0 fully saturated rings. The van der Waals surface area contributed by atoms with Crippen LogP contribution in [0.5, 0.6) is 0 Å². The number of hydrogen-bond acceptors (Lipinski definition) is 5. The van der Waals surface area contributed by atoms with E-state index in [1.165, 1.54) is 154 Å². The first-order valence-electron chi connectivity index (χ1n) is 25.9. The van der Waals surface area contributed by atoms with Crippen LogP contribution in [0, 0.1) is 0 Å². The van der Waals surface area contributed by atoms with E-state index in [1.807, 2.05) is 6.08 Å². The van der Waals surface area contributed by atoms with E-state index in [4.69, 9.17) is 4.74 Å². The molecule has 0 aromatic rings. The van der Waals surface area contributed by atoms with E-state index >= 15 is 0 Å². The van der Waals surface area contributed by atoms with Gasteiger partial charge in [0.1, 0.15) is 6.10 Å². The van der Waals surface area contributed by atoms with E-state index in [0.29, 0.717) is 19.3 Å². The predicted octanol–water partition coefficient (Wildman–Crippen LogP) is 15.5. The predicted molar refractivity (Wildman–Crippen MR) is 259 cm³/mol. The van der Waals surface area contributed by atoms with Crippen LogP contribution in [-0.2, 0) is 14.3 Å². The van der Waals surface area contributed by atoms with Crippen molar-refractivity contribution in [3.05, 3.63) is 48.6 Å². The molecule has 6 nitrogen and oxygen atoms in total. The van der Waals surface area contributed by atoms with Crippen molar-refractivity contribution in [2.24, 2.45) is 0 Å². The lowest BCUT2D eigenvalue weighted by atomic mass is 10.0. The largest absolute Gasteiger partial charge is 0.461 e. The Morgan fingerprint density at radius 3 is 1.33 bits per heavy atom. The van der Waals surface area contributed by atoms with E-state index in [2.05, 4.69) is 68.6 Å². The lowest BCUT2D eigenvalue weighted by Gasteiger charge is -2.24. The molecule has 0 spiro atoms. The summed E-state index contributed by atoms with van der Waals surface area (Å²) in [4.78, 5) is 26.1. The summed E-state index contributed by atoms with van der Waals surface area (Å²) >= 11 is 0. The van der Waals surface area contributed by atoms with Gasteiger partial charge >= 0.3 is 5.97 Å². The standard InChI is InChI=1S/C54H99NO5/c1-4-7-10-13-16-19-22-25-27-28-30-33-36-39-42-45-50(60-54(59)47-44-41-38-35-32-29-26-23-20-17-14-11-8-5-2)48-53(58)55-51(49-56)52(57)46-43-40-37-34-31-24-21-18-15-12-9-6-3/h16,19,25,27,30,33,39,42,50-52,56-57H,4-15,17-18,20-24,26,28-29,31-32,34-38,40-41,43-49H2,1-3H3,(H,55,58)/b19-16-,27-25-,33-30-,42-39-. The summed E-state index contributed by atoms with van der Waals surface area (Å²) < 4.78 is 5.87. The number of nitrogens with one attached hydrogen (secondary N) is 1. The number of hydrogen-bond donors (Lipinski definition) is 3. The SMILES string of the molecule is CCCCC/C=C\C/C=C\C/C=C\C/C=C\CC(CC(=O)NC(CO)C(O)CCCCCCCCCCCCCC)OC(=O)CCCCCCCCCCCCCCCC. The third-order valence-corrected chi connectivity index (χ3v) is 11.7. The summed E-state index contributed by atoms with van der Waals surface area (Å²) in [5.41, 5.74) is 0. The number of carbonyl (C=O) groups is 2. The van der Waals surface area contributed by atoms with E-state index in [9.17, 15) is 19.8 Å². The van der Waals surface area contributed by atoms with Gasteiger partial charge in [-0.2, -0.15) is 0 Å². The maximum atomic E-state index is 13.2. The zero-order valence-electron chi connectivity index (χ0n) is 39.8. The quantitative estimate of drug-likeness (QED) is 0.0322. The number of aliphatic hydroxyl groups excluding tert-OH is 2. The van der Waals surface area contributed by atoms with Crippen LogP contribution in [0.4, 0.5) is 0 Å². The highest BCUT2D eigenvalue weighted by Crippen LogP contribution is 2.17. The Hall–Kier alpha value is -2.18. The van der Waals surface area contributed by atoms with Gasteiger partial charge in [0.15, 0.2) is 0 Å². The second kappa shape index (κ2) is 47.9. The molecular formula is C54H99NO5. The fourth-order valence-electron chi connectivity index (χ4n) is 7.70. The van der Waals surface area contributed by atoms with Gasteiger partial charge in [-0.1, -0.05) is 243 Å². The van der Waals surface area contributed by atoms with Gasteiger partial charge < -0.3 is 20.3 Å². The Balaban J connectivity index is 4.70. The first-order valence-corrected chi connectivity index (χ1v) is 25.9. The zero-order valence-corrected chi connectivity index (χ0v) is 39.8. The van der Waals surface area contributed by atoms with E-state index in [-0.39, 0.29) is 24.9 Å². The van der Waals surface area contributed by atoms with Crippen molar-refractivity contribution in [3.8, 4) is 0 Å². The maximum Gasteiger partial charge on any atom is 0.306 e. The number of aliphatic hydroxyl groups is 2. The van der Waals surface area contributed by atoms with Crippen molar-refractivity contribution in [1.82, 2.24) is 5.32 Å². The van der Waals surface area contributed by atoms with Crippen molar-refractivity contribution < 1.29 is 24.5 Å². The summed E-state index contributed by atoms with van der Waals surface area (Å²) in [6, 6.07) is -0.728. The van der Waals surface area contributed by atoms with Crippen LogP contribution >= 0.6 is 0 Å². The first kappa shape index (κ1) is 57.8. The Kier molecular flexibility index (Phi) is 46.1. The highest BCUT2D eigenvalue weighted by atomic mass is 16.5. The van der Waals surface area contributed by atoms with Crippen LogP contribution in [0.2, 0.25) is 0 Å². The topological polar surface area (TPSA) is 95.9 Å². The van der Waals surface area contributed by atoms with Gasteiger partial charge in [-0.25, -0.2) is 0 Å². The number of allylic oxidation sites excluding steroid dienone is 7. The van der Waals surface area contributed by atoms with Crippen molar-refractivity contribution >= 4 is 11.9 Å². The molecule has 0 bridgehead atoms. The van der Waals surface area contributed by atoms with Crippen LogP contribution in [0.25, 0.3) is 0 Å². The van der Waals surface area contributed by atoms with E-state index < -0.39 is 18.2 Å². The molecular weight excluding hydrogens is 743 g/mol. The second-order valence-electron chi connectivity index (χ2n) is 17.6. The van der Waals surface area contributed by atoms with Crippen molar-refractivity contribution in [2.75, 3.05) is 6.61 Å². The van der Waals surface area contributed by atoms with Gasteiger partial charge in [0.05, 0.1) is 25.2 Å². The Morgan fingerprint density at radius 1 is 0.500 bits per heavy atom. The molecule has 0 heterocycles. The summed E-state index contributed by atoms with van der Waals surface area (Å²) in [7, 11) is 0. The van der Waals surface area contributed by atoms with Crippen LogP contribution in [0.3, 0.4) is 0 Å². The number of carbonyl (C=O) groups excluding carboxylic acids is 2. The summed E-state index contributed by atoms with van der Waals surface area (Å²) in [6.45, 7) is 6.43. The summed E-state index contributed by atoms with van der Waals surface area (Å²) in [6.07, 6.45) is 57.5. The minimum absolute atomic E-state index is 0.00429. The van der Waals surface area contributed by atoms with Crippen LogP contribution in [0.1, 0.15) is 258 Å². The molecule has 0 radical (unpaired) electrons. The fourth-order valence-corrected chi connectivity index (χ4v) is 7.70. The van der Waals surface area contributed by atoms with Gasteiger partial charge in [-0.3, -0.25) is 9.59 Å². The second-order valence-corrected chi connectivity index (χ2v) is 17.6. The molecule has 0 aromatic carbocycles. The number of unbranched alkanes of at least 4 members (excludes halogenated alkanes) is 27. The molecule has 0 aromatic heterocycles. The van der Waals surface area contributed by atoms with E-state index in [1.54, 1.807) is 0 Å². The zero-order chi connectivity index (χ0) is 43.8. The third-order valence-electron chi connectivity index (χ3n) is 11.7. The molecule has 3 unspecified atom stereocenters. The molecule has 0 rings (SSSR count). The molecule has 0 aliphatic rings. The molecule has 3 atom stereocenters. The molecule has 3 N–H and O–H groups in total. The fraction of sp³-hybridized carbons (Fsp3) is 0.815. The van der Waals surface area contributed by atoms with Gasteiger partial charge in [0.25, 0.3) is 0 Å². The maximum absolute atomic E-state index is 13.2. The van der Waals surface area contributed by atoms with E-state index in [0.717, 1.165) is 57.8 Å². The van der Waals surface area contributed by atoms with Gasteiger partial charge in [-0.05, 0) is 44.9 Å². The van der Waals surface area contributed by atoms with Crippen molar-refractivity contribution in [3.63, 3.8) is 0 Å². The Morgan fingerprint density at radius 2 is 0.883 bits per heavy atom. The van der Waals surface area contributed by atoms with Gasteiger partial charge in [0, 0.05) is 12.8 Å². The first-order chi connectivity index (χ1) is 29.5. The molecule has 350 valence electrons. The number of ether oxygens (including phenoxy) is 1. The molecule has 0 aliphatic heterocycles. The van der Waals surface area contributed by atoms with Crippen molar-refractivity contribution in [2.45, 2.75) is 277 Å². The highest BCUT2D eigenvalue weighted by molar-refractivity contribution is 5.77. The molecule has 1 amide bonds. The minimum Gasteiger partial charge on any atom is -0.461 e. The number of amides is 1. The van der Waals surface area contributed by atoms with Crippen LogP contribution in [-0.4, -0.2) is 46.9 Å². The molecule has 0 saturated heterocycles. The Labute approximate surface area is 372 Å². The summed E-state index contributed by atoms with van der Waals surface area (Å²) in [5, 5.41) is 23.7. The molecule has 6 heteroatoms. The smallest absolute Gasteiger partial charge is 0.306 e. The van der Waals surface area contributed by atoms with Crippen molar-refractivity contribution in [1.29, 1.82) is 0 Å². The summed E-state index contributed by atoms with van der Waals surface area (Å²) in [5.74, 6) is -0.568. The number of rotatable bonds is 46. The van der Waals surface area contributed by atoms with Gasteiger partial charge in [0.2, 0.25) is 5.91 Å². The normalized spacial score (nSPS) is 13.6.